The third-order valence-electron chi connectivity index (χ3n) is 2.77. The molecule has 0 aliphatic rings. The van der Waals surface area contributed by atoms with Crippen LogP contribution in [-0.2, 0) is 0 Å². The highest BCUT2D eigenvalue weighted by molar-refractivity contribution is 5.98. The number of hydrogen-bond donors (Lipinski definition) is 3. The maximum Gasteiger partial charge on any atom is 0.255 e. The Kier molecular flexibility index (Phi) is 5.45. The highest BCUT2D eigenvalue weighted by Gasteiger charge is 2.16. The highest BCUT2D eigenvalue weighted by atomic mass is 16.5. The molecule has 0 bridgehead atoms. The van der Waals surface area contributed by atoms with Gasteiger partial charge in [-0.15, -0.1) is 0 Å². The van der Waals surface area contributed by atoms with Crippen LogP contribution >= 0.6 is 0 Å². The van der Waals surface area contributed by atoms with Crippen LogP contribution in [0.3, 0.4) is 0 Å². The average molecular weight is 252 g/mol. The quantitative estimate of drug-likeness (QED) is 0.663. The largest absolute Gasteiger partial charge is 0.496 e. The van der Waals surface area contributed by atoms with E-state index in [0.717, 1.165) is 6.42 Å². The van der Waals surface area contributed by atoms with E-state index >= 15 is 0 Å². The van der Waals surface area contributed by atoms with Crippen LogP contribution in [0.25, 0.3) is 0 Å². The summed E-state index contributed by atoms with van der Waals surface area (Å²) in [5.74, 6) is 0.250. The monoisotopic (exact) mass is 252 g/mol. The fourth-order valence-electron chi connectivity index (χ4n) is 1.70. The molecule has 100 valence electrons. The number of carbonyl (C=O) groups excluding carboxylic acids is 1. The first-order valence-corrected chi connectivity index (χ1v) is 5.97. The van der Waals surface area contributed by atoms with E-state index in [1.807, 2.05) is 6.92 Å². The minimum atomic E-state index is -0.237. The van der Waals surface area contributed by atoms with Gasteiger partial charge in [0.1, 0.15) is 5.75 Å². The Labute approximate surface area is 107 Å². The summed E-state index contributed by atoms with van der Waals surface area (Å²) < 4.78 is 5.13. The summed E-state index contributed by atoms with van der Waals surface area (Å²) in [5.41, 5.74) is 6.59. The van der Waals surface area contributed by atoms with E-state index < -0.39 is 0 Å². The second kappa shape index (κ2) is 6.86. The first kappa shape index (κ1) is 14.3. The van der Waals surface area contributed by atoms with Crippen LogP contribution in [-0.4, -0.2) is 30.8 Å². The van der Waals surface area contributed by atoms with E-state index in [4.69, 9.17) is 15.6 Å². The van der Waals surface area contributed by atoms with Crippen molar-refractivity contribution in [2.45, 2.75) is 25.8 Å². The number of aliphatic hydroxyl groups excluding tert-OH is 1. The molecule has 18 heavy (non-hydrogen) atoms. The van der Waals surface area contributed by atoms with Crippen LogP contribution in [0.2, 0.25) is 0 Å². The summed E-state index contributed by atoms with van der Waals surface area (Å²) in [6.07, 6.45) is 1.30. The maximum absolute atomic E-state index is 12.1. The number of ether oxygens (including phenoxy) is 1. The van der Waals surface area contributed by atoms with Crippen molar-refractivity contribution in [1.29, 1.82) is 0 Å². The van der Waals surface area contributed by atoms with Crippen LogP contribution < -0.4 is 15.8 Å². The number of nitrogens with two attached hydrogens (primary N) is 1. The molecule has 1 unspecified atom stereocenters. The van der Waals surface area contributed by atoms with Gasteiger partial charge in [0.15, 0.2) is 0 Å². The van der Waals surface area contributed by atoms with Gasteiger partial charge in [-0.1, -0.05) is 6.92 Å². The Bertz CT molecular complexity index is 407. The number of rotatable bonds is 6. The van der Waals surface area contributed by atoms with Crippen molar-refractivity contribution in [3.05, 3.63) is 23.8 Å². The smallest absolute Gasteiger partial charge is 0.255 e. The number of anilines is 1. The fraction of sp³-hybridized carbons (Fsp3) is 0.462. The van der Waals surface area contributed by atoms with Gasteiger partial charge in [0, 0.05) is 18.3 Å². The number of aliphatic hydroxyl groups is 1. The van der Waals surface area contributed by atoms with Crippen molar-refractivity contribution in [1.82, 2.24) is 5.32 Å². The Hall–Kier alpha value is -1.75. The summed E-state index contributed by atoms with van der Waals surface area (Å²) in [4.78, 5) is 12.1. The molecule has 1 aromatic carbocycles. The standard InChI is InChI=1S/C13H20N2O3/c1-3-10(6-7-16)15-13(17)11-8-9(14)4-5-12(11)18-2/h4-5,8,10,16H,3,6-7,14H2,1-2H3,(H,15,17). The lowest BCUT2D eigenvalue weighted by molar-refractivity contribution is 0.0926. The number of hydrogen-bond acceptors (Lipinski definition) is 4. The lowest BCUT2D eigenvalue weighted by atomic mass is 10.1. The molecule has 0 aliphatic heterocycles. The van der Waals surface area contributed by atoms with E-state index in [2.05, 4.69) is 5.32 Å². The SMILES string of the molecule is CCC(CCO)NC(=O)c1cc(N)ccc1OC. The number of nitrogens with one attached hydrogen (secondary N) is 1. The molecule has 0 fully saturated rings. The molecule has 1 atom stereocenters. The van der Waals surface area contributed by atoms with E-state index in [1.54, 1.807) is 18.2 Å². The molecule has 4 N–H and O–H groups in total. The molecule has 0 heterocycles. The molecule has 0 aromatic heterocycles. The normalized spacial score (nSPS) is 11.9. The minimum Gasteiger partial charge on any atom is -0.496 e. The maximum atomic E-state index is 12.1. The topological polar surface area (TPSA) is 84.6 Å². The Morgan fingerprint density at radius 3 is 2.83 bits per heavy atom. The van der Waals surface area contributed by atoms with Crippen molar-refractivity contribution in [3.8, 4) is 5.75 Å². The Balaban J connectivity index is 2.85. The molecule has 0 radical (unpaired) electrons. The summed E-state index contributed by atoms with van der Waals surface area (Å²) >= 11 is 0. The van der Waals surface area contributed by atoms with Gasteiger partial charge in [-0.3, -0.25) is 4.79 Å². The van der Waals surface area contributed by atoms with Crippen molar-refractivity contribution in [2.75, 3.05) is 19.5 Å². The molecule has 0 spiro atoms. The van der Waals surface area contributed by atoms with Gasteiger partial charge in [-0.2, -0.15) is 0 Å². The van der Waals surface area contributed by atoms with Crippen molar-refractivity contribution >= 4 is 11.6 Å². The third kappa shape index (κ3) is 3.63. The average Bonchev–Trinajstić information content (AvgIpc) is 2.38. The molecule has 0 saturated heterocycles. The van der Waals surface area contributed by atoms with E-state index in [-0.39, 0.29) is 18.6 Å². The predicted octanol–water partition coefficient (Wildman–Crippen LogP) is 1.17. The summed E-state index contributed by atoms with van der Waals surface area (Å²) in [5, 5.41) is 11.8. The number of benzene rings is 1. The first-order valence-electron chi connectivity index (χ1n) is 5.97. The molecule has 1 amide bonds. The van der Waals surface area contributed by atoms with E-state index in [1.165, 1.54) is 7.11 Å². The molecule has 0 saturated carbocycles. The third-order valence-corrected chi connectivity index (χ3v) is 2.77. The summed E-state index contributed by atoms with van der Waals surface area (Å²) in [6, 6.07) is 4.88. The summed E-state index contributed by atoms with van der Waals surface area (Å²) in [7, 11) is 1.51. The minimum absolute atomic E-state index is 0.0476. The molecule has 0 aliphatic carbocycles. The molecule has 5 heteroatoms. The van der Waals surface area contributed by atoms with Gasteiger partial charge in [0.25, 0.3) is 5.91 Å². The van der Waals surface area contributed by atoms with Crippen LogP contribution in [0.5, 0.6) is 5.75 Å². The number of methoxy groups -OCH3 is 1. The zero-order valence-electron chi connectivity index (χ0n) is 10.8. The van der Waals surface area contributed by atoms with Crippen LogP contribution in [0.15, 0.2) is 18.2 Å². The van der Waals surface area contributed by atoms with Crippen LogP contribution in [0.4, 0.5) is 5.69 Å². The Morgan fingerprint density at radius 1 is 1.56 bits per heavy atom. The zero-order chi connectivity index (χ0) is 13.5. The van der Waals surface area contributed by atoms with Gasteiger partial charge < -0.3 is 20.9 Å². The van der Waals surface area contributed by atoms with Crippen molar-refractivity contribution < 1.29 is 14.6 Å². The van der Waals surface area contributed by atoms with Crippen LogP contribution in [0, 0.1) is 0 Å². The van der Waals surface area contributed by atoms with Gasteiger partial charge in [-0.25, -0.2) is 0 Å². The van der Waals surface area contributed by atoms with Crippen molar-refractivity contribution in [3.63, 3.8) is 0 Å². The number of amides is 1. The van der Waals surface area contributed by atoms with Crippen LogP contribution in [0.1, 0.15) is 30.1 Å². The lowest BCUT2D eigenvalue weighted by Crippen LogP contribution is -2.35. The van der Waals surface area contributed by atoms with E-state index in [0.29, 0.717) is 23.4 Å². The zero-order valence-corrected chi connectivity index (χ0v) is 10.8. The highest BCUT2D eigenvalue weighted by Crippen LogP contribution is 2.21. The lowest BCUT2D eigenvalue weighted by Gasteiger charge is -2.17. The summed E-state index contributed by atoms with van der Waals surface area (Å²) in [6.45, 7) is 2.00. The molecular formula is C13H20N2O3. The van der Waals surface area contributed by atoms with Crippen molar-refractivity contribution in [2.24, 2.45) is 0 Å². The van der Waals surface area contributed by atoms with Gasteiger partial charge in [-0.05, 0) is 31.0 Å². The van der Waals surface area contributed by atoms with Gasteiger partial charge in [0.05, 0.1) is 12.7 Å². The number of nitrogen functional groups attached to an aromatic ring is 1. The second-order valence-corrected chi connectivity index (χ2v) is 4.05. The second-order valence-electron chi connectivity index (χ2n) is 4.05. The van der Waals surface area contributed by atoms with E-state index in [9.17, 15) is 4.79 Å². The molecule has 5 nitrogen and oxygen atoms in total. The van der Waals surface area contributed by atoms with Gasteiger partial charge >= 0.3 is 0 Å². The van der Waals surface area contributed by atoms with Gasteiger partial charge in [0.2, 0.25) is 0 Å². The fourth-order valence-corrected chi connectivity index (χ4v) is 1.70. The Morgan fingerprint density at radius 2 is 2.28 bits per heavy atom. The first-order chi connectivity index (χ1) is 8.62. The predicted molar refractivity (Wildman–Crippen MR) is 70.7 cm³/mol. The number of carbonyl (C=O) groups is 1. The molecule has 1 aromatic rings. The molecule has 1 rings (SSSR count). The molecular weight excluding hydrogens is 232 g/mol.